The van der Waals surface area contributed by atoms with Gasteiger partial charge in [-0.3, -0.25) is 0 Å². The number of hydrogen-bond acceptors (Lipinski definition) is 4. The maximum Gasteiger partial charge on any atom is 0.139 e. The summed E-state index contributed by atoms with van der Waals surface area (Å²) < 4.78 is 11.2. The van der Waals surface area contributed by atoms with Crippen molar-refractivity contribution in [1.29, 1.82) is 0 Å². The second-order valence-corrected chi connectivity index (χ2v) is 5.67. The first kappa shape index (κ1) is 13.6. The first-order valence-corrected chi connectivity index (χ1v) is 7.64. The molecule has 1 atom stereocenters. The zero-order valence-electron chi connectivity index (χ0n) is 11.9. The summed E-state index contributed by atoms with van der Waals surface area (Å²) in [6.07, 6.45) is 1.60. The molecule has 4 nitrogen and oxygen atoms in total. The molecular weight excluding hydrogens is 300 g/mol. The molecule has 0 N–H and O–H groups in total. The van der Waals surface area contributed by atoms with Crippen LogP contribution in [0.4, 0.5) is 5.82 Å². The molecule has 5 heteroatoms. The molecule has 3 heterocycles. The normalized spacial score (nSPS) is 18.8. The van der Waals surface area contributed by atoms with E-state index < -0.39 is 0 Å². The SMILES string of the molecule is Clc1nc(N2CCOC(c3ccco3)C2)cc2ccccc12. The highest BCUT2D eigenvalue weighted by molar-refractivity contribution is 6.34. The summed E-state index contributed by atoms with van der Waals surface area (Å²) in [5, 5.41) is 2.61. The number of rotatable bonds is 2. The highest BCUT2D eigenvalue weighted by Gasteiger charge is 2.25. The average Bonchev–Trinajstić information content (AvgIpc) is 3.09. The molecule has 1 aliphatic heterocycles. The van der Waals surface area contributed by atoms with Crippen LogP contribution in [0.3, 0.4) is 0 Å². The lowest BCUT2D eigenvalue weighted by molar-refractivity contribution is 0.0255. The molecular formula is C17H15ClN2O2. The standard InChI is InChI=1S/C17H15ClN2O2/c18-17-13-5-2-1-4-12(13)10-16(19-17)20-7-9-22-15(11-20)14-6-3-8-21-14/h1-6,8,10,15H,7,9,11H2. The fourth-order valence-electron chi connectivity index (χ4n) is 2.81. The predicted molar refractivity (Wildman–Crippen MR) is 86.4 cm³/mol. The lowest BCUT2D eigenvalue weighted by Gasteiger charge is -2.33. The molecule has 1 saturated heterocycles. The van der Waals surface area contributed by atoms with Crippen molar-refractivity contribution in [1.82, 2.24) is 4.98 Å². The van der Waals surface area contributed by atoms with Crippen LogP contribution in [-0.4, -0.2) is 24.7 Å². The van der Waals surface area contributed by atoms with E-state index in [2.05, 4.69) is 22.0 Å². The Labute approximate surface area is 133 Å². The van der Waals surface area contributed by atoms with Crippen LogP contribution in [0, 0.1) is 0 Å². The third-order valence-electron chi connectivity index (χ3n) is 3.93. The summed E-state index contributed by atoms with van der Waals surface area (Å²) in [6.45, 7) is 2.13. The van der Waals surface area contributed by atoms with Crippen LogP contribution in [0.5, 0.6) is 0 Å². The molecule has 0 saturated carbocycles. The zero-order chi connectivity index (χ0) is 14.9. The van der Waals surface area contributed by atoms with Gasteiger partial charge in [-0.2, -0.15) is 0 Å². The number of hydrogen-bond donors (Lipinski definition) is 0. The van der Waals surface area contributed by atoms with Crippen LogP contribution in [0.1, 0.15) is 11.9 Å². The van der Waals surface area contributed by atoms with E-state index >= 15 is 0 Å². The van der Waals surface area contributed by atoms with Crippen LogP contribution in [0.2, 0.25) is 5.15 Å². The molecule has 1 fully saturated rings. The summed E-state index contributed by atoms with van der Waals surface area (Å²) in [5.74, 6) is 1.72. The number of benzene rings is 1. The molecule has 1 aromatic carbocycles. The smallest absolute Gasteiger partial charge is 0.139 e. The van der Waals surface area contributed by atoms with Gasteiger partial charge in [0.15, 0.2) is 0 Å². The van der Waals surface area contributed by atoms with Gasteiger partial charge in [0.05, 0.1) is 19.4 Å². The average molecular weight is 315 g/mol. The van der Waals surface area contributed by atoms with E-state index in [1.54, 1.807) is 6.26 Å². The second kappa shape index (κ2) is 5.63. The Hall–Kier alpha value is -2.04. The number of fused-ring (bicyclic) bond motifs is 1. The molecule has 1 unspecified atom stereocenters. The lowest BCUT2D eigenvalue weighted by atomic mass is 10.1. The summed E-state index contributed by atoms with van der Waals surface area (Å²) in [5.41, 5.74) is 0. The quantitative estimate of drug-likeness (QED) is 0.669. The Morgan fingerprint density at radius 1 is 1.18 bits per heavy atom. The van der Waals surface area contributed by atoms with E-state index in [4.69, 9.17) is 20.8 Å². The van der Waals surface area contributed by atoms with Gasteiger partial charge in [-0.1, -0.05) is 35.9 Å². The van der Waals surface area contributed by atoms with E-state index in [0.29, 0.717) is 18.3 Å². The van der Waals surface area contributed by atoms with Crippen LogP contribution in [0.15, 0.2) is 53.1 Å². The Kier molecular flexibility index (Phi) is 3.48. The van der Waals surface area contributed by atoms with E-state index in [1.165, 1.54) is 0 Å². The summed E-state index contributed by atoms with van der Waals surface area (Å²) in [7, 11) is 0. The maximum atomic E-state index is 6.33. The second-order valence-electron chi connectivity index (χ2n) is 5.31. The molecule has 0 amide bonds. The molecule has 2 aromatic heterocycles. The molecule has 0 bridgehead atoms. The predicted octanol–water partition coefficient (Wildman–Crippen LogP) is 4.06. The zero-order valence-corrected chi connectivity index (χ0v) is 12.7. The summed E-state index contributed by atoms with van der Waals surface area (Å²) in [6, 6.07) is 13.9. The number of anilines is 1. The Balaban J connectivity index is 1.66. The van der Waals surface area contributed by atoms with Crippen LogP contribution < -0.4 is 4.90 Å². The minimum Gasteiger partial charge on any atom is -0.467 e. The first-order valence-electron chi connectivity index (χ1n) is 7.26. The van der Waals surface area contributed by atoms with Crippen molar-refractivity contribution in [3.05, 3.63) is 59.6 Å². The third kappa shape index (κ3) is 2.45. The molecule has 0 aliphatic carbocycles. The number of halogens is 1. The molecule has 3 aromatic rings. The van der Waals surface area contributed by atoms with Crippen molar-refractivity contribution in [2.45, 2.75) is 6.10 Å². The van der Waals surface area contributed by atoms with Crippen molar-refractivity contribution in [2.75, 3.05) is 24.6 Å². The highest BCUT2D eigenvalue weighted by Crippen LogP contribution is 2.30. The van der Waals surface area contributed by atoms with Crippen molar-refractivity contribution in [2.24, 2.45) is 0 Å². The van der Waals surface area contributed by atoms with Crippen LogP contribution in [0.25, 0.3) is 10.8 Å². The van der Waals surface area contributed by atoms with Gasteiger partial charge < -0.3 is 14.1 Å². The van der Waals surface area contributed by atoms with E-state index in [1.807, 2.05) is 30.3 Å². The Morgan fingerprint density at radius 3 is 2.95 bits per heavy atom. The fraction of sp³-hybridized carbons (Fsp3) is 0.235. The fourth-order valence-corrected chi connectivity index (χ4v) is 3.07. The van der Waals surface area contributed by atoms with Crippen molar-refractivity contribution in [3.63, 3.8) is 0 Å². The van der Waals surface area contributed by atoms with Gasteiger partial charge in [-0.05, 0) is 23.6 Å². The molecule has 4 rings (SSSR count). The van der Waals surface area contributed by atoms with Gasteiger partial charge >= 0.3 is 0 Å². The first-order chi connectivity index (χ1) is 10.8. The van der Waals surface area contributed by atoms with Gasteiger partial charge in [0.1, 0.15) is 22.8 Å². The number of pyridine rings is 1. The van der Waals surface area contributed by atoms with Gasteiger partial charge in [0, 0.05) is 11.9 Å². The topological polar surface area (TPSA) is 38.5 Å². The maximum absolute atomic E-state index is 6.33. The third-order valence-corrected chi connectivity index (χ3v) is 4.22. The molecule has 1 aliphatic rings. The monoisotopic (exact) mass is 314 g/mol. The highest BCUT2D eigenvalue weighted by atomic mass is 35.5. The van der Waals surface area contributed by atoms with Crippen molar-refractivity contribution >= 4 is 28.2 Å². The van der Waals surface area contributed by atoms with Crippen LogP contribution in [-0.2, 0) is 4.74 Å². The molecule has 22 heavy (non-hydrogen) atoms. The number of nitrogens with zero attached hydrogens (tertiary/aromatic N) is 2. The van der Waals surface area contributed by atoms with Gasteiger partial charge in [-0.25, -0.2) is 4.98 Å². The van der Waals surface area contributed by atoms with E-state index in [0.717, 1.165) is 28.9 Å². The Morgan fingerprint density at radius 2 is 2.09 bits per heavy atom. The lowest BCUT2D eigenvalue weighted by Crippen LogP contribution is -2.38. The van der Waals surface area contributed by atoms with E-state index in [9.17, 15) is 0 Å². The number of aromatic nitrogens is 1. The van der Waals surface area contributed by atoms with E-state index in [-0.39, 0.29) is 6.10 Å². The minimum absolute atomic E-state index is 0.0733. The number of ether oxygens (including phenoxy) is 1. The number of morpholine rings is 1. The summed E-state index contributed by atoms with van der Waals surface area (Å²) >= 11 is 6.33. The molecule has 0 radical (unpaired) electrons. The molecule has 0 spiro atoms. The largest absolute Gasteiger partial charge is 0.467 e. The minimum atomic E-state index is -0.0733. The van der Waals surface area contributed by atoms with Crippen LogP contribution >= 0.6 is 11.6 Å². The Bertz CT molecular complexity index is 788. The van der Waals surface area contributed by atoms with Crippen molar-refractivity contribution in [3.8, 4) is 0 Å². The van der Waals surface area contributed by atoms with Crippen molar-refractivity contribution < 1.29 is 9.15 Å². The van der Waals surface area contributed by atoms with Gasteiger partial charge in [-0.15, -0.1) is 0 Å². The summed E-state index contributed by atoms with van der Waals surface area (Å²) in [4.78, 5) is 6.74. The van der Waals surface area contributed by atoms with Gasteiger partial charge in [0.25, 0.3) is 0 Å². The molecule has 112 valence electrons. The number of furan rings is 1. The van der Waals surface area contributed by atoms with Gasteiger partial charge in [0.2, 0.25) is 0 Å².